The van der Waals surface area contributed by atoms with E-state index >= 15 is 0 Å². The molecular formula is C4H9NO2. The molecule has 0 bridgehead atoms. The summed E-state index contributed by atoms with van der Waals surface area (Å²) in [5, 5.41) is 17.2. The van der Waals surface area contributed by atoms with E-state index in [1.807, 2.05) is 0 Å². The van der Waals surface area contributed by atoms with Crippen LogP contribution in [-0.4, -0.2) is 28.5 Å². The van der Waals surface area contributed by atoms with E-state index in [0.717, 1.165) is 0 Å². The highest BCUT2D eigenvalue weighted by Crippen LogP contribution is 2.17. The maximum absolute atomic E-state index is 8.61. The van der Waals surface area contributed by atoms with Crippen molar-refractivity contribution in [2.24, 2.45) is 5.73 Å². The maximum Gasteiger partial charge on any atom is 0.0951 e. The normalized spacial score (nSPS) is 51.0. The highest BCUT2D eigenvalue weighted by molar-refractivity contribution is 4.91. The van der Waals surface area contributed by atoms with Gasteiger partial charge in [-0.1, -0.05) is 0 Å². The number of hydrogen-bond acceptors (Lipinski definition) is 3. The molecule has 0 amide bonds. The first kappa shape index (κ1) is 5.03. The lowest BCUT2D eigenvalue weighted by Gasteiger charge is -2.34. The van der Waals surface area contributed by atoms with Gasteiger partial charge < -0.3 is 15.9 Å². The zero-order valence-corrected chi connectivity index (χ0v) is 3.91. The third kappa shape index (κ3) is 0.627. The van der Waals surface area contributed by atoms with Crippen LogP contribution in [0.1, 0.15) is 6.42 Å². The van der Waals surface area contributed by atoms with Crippen LogP contribution >= 0.6 is 0 Å². The van der Waals surface area contributed by atoms with Crippen LogP contribution in [-0.2, 0) is 0 Å². The van der Waals surface area contributed by atoms with Crippen LogP contribution in [0.5, 0.6) is 0 Å². The highest BCUT2D eigenvalue weighted by Gasteiger charge is 2.35. The number of aliphatic hydroxyl groups excluding tert-OH is 2. The molecule has 3 atom stereocenters. The Morgan fingerprint density at radius 1 is 1.43 bits per heavy atom. The molecule has 42 valence electrons. The molecule has 0 saturated heterocycles. The summed E-state index contributed by atoms with van der Waals surface area (Å²) >= 11 is 0. The minimum absolute atomic E-state index is 0.185. The molecule has 7 heavy (non-hydrogen) atoms. The molecule has 1 aliphatic carbocycles. The fourth-order valence-electron chi connectivity index (χ4n) is 0.647. The lowest BCUT2D eigenvalue weighted by Crippen LogP contribution is -2.55. The monoisotopic (exact) mass is 103 g/mol. The van der Waals surface area contributed by atoms with E-state index in [4.69, 9.17) is 15.9 Å². The number of aliphatic hydroxyl groups is 2. The minimum atomic E-state index is -0.667. The molecule has 1 saturated carbocycles. The van der Waals surface area contributed by atoms with Crippen LogP contribution in [0.3, 0.4) is 0 Å². The van der Waals surface area contributed by atoms with Gasteiger partial charge in [0.2, 0.25) is 0 Å². The lowest BCUT2D eigenvalue weighted by molar-refractivity contribution is -0.0685. The first-order valence-electron chi connectivity index (χ1n) is 2.33. The minimum Gasteiger partial charge on any atom is -0.390 e. The standard InChI is InChI=1S/C4H9NO2/c5-2-1-3(6)4(2)7/h2-4,6-7H,1,5H2/t2-,3-,4-/m1/s1. The van der Waals surface area contributed by atoms with Crippen molar-refractivity contribution in [3.05, 3.63) is 0 Å². The summed E-state index contributed by atoms with van der Waals surface area (Å²) in [5.41, 5.74) is 5.20. The molecule has 0 aromatic carbocycles. The summed E-state index contributed by atoms with van der Waals surface area (Å²) in [7, 11) is 0. The molecule has 3 nitrogen and oxygen atoms in total. The summed E-state index contributed by atoms with van der Waals surface area (Å²) in [5.74, 6) is 0. The van der Waals surface area contributed by atoms with Crippen molar-refractivity contribution in [1.29, 1.82) is 0 Å². The summed E-state index contributed by atoms with van der Waals surface area (Å²) in [6.07, 6.45) is -0.684. The zero-order valence-electron chi connectivity index (χ0n) is 3.91. The first-order chi connectivity index (χ1) is 3.22. The van der Waals surface area contributed by atoms with Gasteiger partial charge in [-0.15, -0.1) is 0 Å². The average Bonchev–Trinajstić information content (AvgIpc) is 1.68. The van der Waals surface area contributed by atoms with Crippen molar-refractivity contribution in [2.75, 3.05) is 0 Å². The summed E-state index contributed by atoms with van der Waals surface area (Å²) in [6, 6.07) is -0.185. The molecule has 0 aliphatic heterocycles. The van der Waals surface area contributed by atoms with E-state index in [9.17, 15) is 0 Å². The van der Waals surface area contributed by atoms with Gasteiger partial charge in [-0.05, 0) is 6.42 Å². The van der Waals surface area contributed by atoms with E-state index < -0.39 is 12.2 Å². The van der Waals surface area contributed by atoms with Crippen LogP contribution in [0.2, 0.25) is 0 Å². The largest absolute Gasteiger partial charge is 0.390 e. The SMILES string of the molecule is N[C@@H]1C[C@@H](O)[C@@H]1O. The Balaban J connectivity index is 2.29. The van der Waals surface area contributed by atoms with Gasteiger partial charge in [0, 0.05) is 6.04 Å². The van der Waals surface area contributed by atoms with Gasteiger partial charge >= 0.3 is 0 Å². The Bertz CT molecular complexity index is 68.1. The number of rotatable bonds is 0. The molecule has 0 radical (unpaired) electrons. The Labute approximate surface area is 41.8 Å². The van der Waals surface area contributed by atoms with E-state index in [2.05, 4.69) is 0 Å². The second-order valence-corrected chi connectivity index (χ2v) is 1.96. The Morgan fingerprint density at radius 2 is 2.00 bits per heavy atom. The molecule has 0 heterocycles. The quantitative estimate of drug-likeness (QED) is 0.347. The van der Waals surface area contributed by atoms with Crippen LogP contribution < -0.4 is 5.73 Å². The third-order valence-electron chi connectivity index (χ3n) is 1.35. The van der Waals surface area contributed by atoms with Gasteiger partial charge in [-0.2, -0.15) is 0 Å². The fourth-order valence-corrected chi connectivity index (χ4v) is 0.647. The van der Waals surface area contributed by atoms with Gasteiger partial charge in [0.25, 0.3) is 0 Å². The molecule has 1 rings (SSSR count). The Hall–Kier alpha value is -0.120. The third-order valence-corrected chi connectivity index (χ3v) is 1.35. The zero-order chi connectivity index (χ0) is 5.44. The summed E-state index contributed by atoms with van der Waals surface area (Å²) < 4.78 is 0. The molecule has 0 aromatic rings. The van der Waals surface area contributed by atoms with E-state index in [-0.39, 0.29) is 6.04 Å². The van der Waals surface area contributed by atoms with Gasteiger partial charge in [-0.25, -0.2) is 0 Å². The van der Waals surface area contributed by atoms with Gasteiger partial charge in [0.05, 0.1) is 12.2 Å². The van der Waals surface area contributed by atoms with Gasteiger partial charge in [-0.3, -0.25) is 0 Å². The number of hydrogen-bond donors (Lipinski definition) is 3. The molecular weight excluding hydrogens is 94.0 g/mol. The Morgan fingerprint density at radius 3 is 2.00 bits per heavy atom. The van der Waals surface area contributed by atoms with Crippen molar-refractivity contribution in [3.8, 4) is 0 Å². The van der Waals surface area contributed by atoms with Crippen molar-refractivity contribution >= 4 is 0 Å². The van der Waals surface area contributed by atoms with Gasteiger partial charge in [0.15, 0.2) is 0 Å². The molecule has 1 fully saturated rings. The lowest BCUT2D eigenvalue weighted by atomic mass is 9.87. The summed E-state index contributed by atoms with van der Waals surface area (Å²) in [6.45, 7) is 0. The van der Waals surface area contributed by atoms with E-state index in [1.54, 1.807) is 0 Å². The van der Waals surface area contributed by atoms with Crippen molar-refractivity contribution in [1.82, 2.24) is 0 Å². The number of nitrogens with two attached hydrogens (primary N) is 1. The predicted molar refractivity (Wildman–Crippen MR) is 24.6 cm³/mol. The fraction of sp³-hybridized carbons (Fsp3) is 1.00. The molecule has 4 N–H and O–H groups in total. The molecule has 0 aromatic heterocycles. The van der Waals surface area contributed by atoms with Crippen LogP contribution in [0.4, 0.5) is 0 Å². The molecule has 0 unspecified atom stereocenters. The average molecular weight is 103 g/mol. The highest BCUT2D eigenvalue weighted by atomic mass is 16.3. The van der Waals surface area contributed by atoms with Crippen LogP contribution in [0.25, 0.3) is 0 Å². The molecule has 3 heteroatoms. The predicted octanol–water partition coefficient (Wildman–Crippen LogP) is -1.56. The first-order valence-corrected chi connectivity index (χ1v) is 2.33. The Kier molecular flexibility index (Phi) is 1.03. The van der Waals surface area contributed by atoms with Gasteiger partial charge in [0.1, 0.15) is 0 Å². The van der Waals surface area contributed by atoms with Crippen LogP contribution in [0.15, 0.2) is 0 Å². The van der Waals surface area contributed by atoms with Crippen molar-refractivity contribution < 1.29 is 10.2 Å². The topological polar surface area (TPSA) is 66.5 Å². The van der Waals surface area contributed by atoms with Crippen molar-refractivity contribution in [2.45, 2.75) is 24.7 Å². The molecule has 1 aliphatic rings. The van der Waals surface area contributed by atoms with E-state index in [0.29, 0.717) is 6.42 Å². The maximum atomic E-state index is 8.61. The summed E-state index contributed by atoms with van der Waals surface area (Å²) in [4.78, 5) is 0. The van der Waals surface area contributed by atoms with Crippen LogP contribution in [0, 0.1) is 0 Å². The smallest absolute Gasteiger partial charge is 0.0951 e. The van der Waals surface area contributed by atoms with E-state index in [1.165, 1.54) is 0 Å². The second kappa shape index (κ2) is 1.43. The second-order valence-electron chi connectivity index (χ2n) is 1.96. The van der Waals surface area contributed by atoms with Crippen molar-refractivity contribution in [3.63, 3.8) is 0 Å². The molecule has 0 spiro atoms.